The lowest BCUT2D eigenvalue weighted by Crippen LogP contribution is -2.34. The highest BCUT2D eigenvalue weighted by Gasteiger charge is 2.31. The van der Waals surface area contributed by atoms with E-state index in [-0.39, 0.29) is 6.10 Å². The second-order valence-electron chi connectivity index (χ2n) is 8.66. The van der Waals surface area contributed by atoms with E-state index in [4.69, 9.17) is 51.6 Å². The number of benzene rings is 2. The summed E-state index contributed by atoms with van der Waals surface area (Å²) in [4.78, 5) is 4.11. The first-order chi connectivity index (χ1) is 18.0. The van der Waals surface area contributed by atoms with Gasteiger partial charge in [-0.05, 0) is 54.7 Å². The Morgan fingerprint density at radius 3 is 2.41 bits per heavy atom. The minimum absolute atomic E-state index is 0.103. The van der Waals surface area contributed by atoms with Crippen LogP contribution in [0.1, 0.15) is 42.0 Å². The van der Waals surface area contributed by atoms with Crippen molar-refractivity contribution in [2.45, 2.75) is 49.9 Å². The molecule has 4 rings (SSSR count). The van der Waals surface area contributed by atoms with Crippen LogP contribution in [0.4, 0.5) is 0 Å². The minimum atomic E-state index is -0.510. The zero-order valence-electron chi connectivity index (χ0n) is 21.1. The van der Waals surface area contributed by atoms with E-state index in [0.717, 1.165) is 30.4 Å². The van der Waals surface area contributed by atoms with E-state index >= 15 is 0 Å². The monoisotopic (exact) mass is 550 g/mol. The number of rotatable bonds is 12. The molecule has 200 valence electrons. The van der Waals surface area contributed by atoms with Gasteiger partial charge in [-0.3, -0.25) is 0 Å². The summed E-state index contributed by atoms with van der Waals surface area (Å²) >= 11 is 12.9. The largest absolute Gasteiger partial charge is 0.493 e. The molecule has 2 aromatic carbocycles. The number of methoxy groups -OCH3 is 3. The van der Waals surface area contributed by atoms with Crippen molar-refractivity contribution in [1.29, 1.82) is 0 Å². The maximum atomic E-state index is 6.82. The van der Waals surface area contributed by atoms with E-state index in [9.17, 15) is 0 Å². The molecule has 0 bridgehead atoms. The van der Waals surface area contributed by atoms with Gasteiger partial charge in [-0.1, -0.05) is 35.3 Å². The van der Waals surface area contributed by atoms with Crippen molar-refractivity contribution in [3.05, 3.63) is 71.3 Å². The van der Waals surface area contributed by atoms with E-state index in [0.29, 0.717) is 35.5 Å². The molecule has 1 saturated heterocycles. The Hall–Kier alpha value is -2.49. The fourth-order valence-electron chi connectivity index (χ4n) is 4.30. The van der Waals surface area contributed by atoms with Crippen LogP contribution in [-0.2, 0) is 20.8 Å². The van der Waals surface area contributed by atoms with Crippen LogP contribution in [0.2, 0.25) is 5.02 Å². The quantitative estimate of drug-likeness (QED) is 0.249. The summed E-state index contributed by atoms with van der Waals surface area (Å²) in [5.74, 6) is 1.72. The molecule has 4 unspecified atom stereocenters. The van der Waals surface area contributed by atoms with Crippen LogP contribution in [0.15, 0.2) is 55.1 Å². The van der Waals surface area contributed by atoms with Crippen LogP contribution in [0.3, 0.4) is 0 Å². The fourth-order valence-corrected chi connectivity index (χ4v) is 4.75. The summed E-state index contributed by atoms with van der Waals surface area (Å²) in [7, 11) is 4.76. The highest BCUT2D eigenvalue weighted by atomic mass is 35.5. The molecule has 4 atom stereocenters. The van der Waals surface area contributed by atoms with Gasteiger partial charge in [0.1, 0.15) is 11.6 Å². The SMILES string of the molecule is COc1cc(COCC2CCCC(OC(c3ccc(Cl)cc3)C(Cl)n3ccnc3)O2)cc(OC)c1OC. The number of aromatic nitrogens is 2. The van der Waals surface area contributed by atoms with Crippen molar-refractivity contribution in [2.75, 3.05) is 27.9 Å². The lowest BCUT2D eigenvalue weighted by Gasteiger charge is -2.34. The van der Waals surface area contributed by atoms with E-state index in [2.05, 4.69) is 4.98 Å². The third-order valence-electron chi connectivity index (χ3n) is 6.16. The molecular weight excluding hydrogens is 519 g/mol. The van der Waals surface area contributed by atoms with Gasteiger partial charge in [-0.2, -0.15) is 0 Å². The van der Waals surface area contributed by atoms with Crippen molar-refractivity contribution < 1.29 is 28.4 Å². The molecule has 10 heteroatoms. The van der Waals surface area contributed by atoms with Crippen molar-refractivity contribution in [3.63, 3.8) is 0 Å². The fraction of sp³-hybridized carbons (Fsp3) is 0.444. The number of halogens is 2. The highest BCUT2D eigenvalue weighted by Crippen LogP contribution is 2.39. The Balaban J connectivity index is 1.37. The molecule has 0 saturated carbocycles. The number of hydrogen-bond donors (Lipinski definition) is 0. The van der Waals surface area contributed by atoms with Gasteiger partial charge < -0.3 is 33.0 Å². The third kappa shape index (κ3) is 7.09. The van der Waals surface area contributed by atoms with Gasteiger partial charge in [0.2, 0.25) is 5.75 Å². The summed E-state index contributed by atoms with van der Waals surface area (Å²) in [5.41, 5.74) is 1.30. The number of ether oxygens (including phenoxy) is 6. The van der Waals surface area contributed by atoms with Crippen LogP contribution in [0.5, 0.6) is 17.2 Å². The van der Waals surface area contributed by atoms with Crippen LogP contribution >= 0.6 is 23.2 Å². The lowest BCUT2D eigenvalue weighted by atomic mass is 10.1. The van der Waals surface area contributed by atoms with Crippen LogP contribution in [0, 0.1) is 0 Å². The van der Waals surface area contributed by atoms with E-state index in [1.165, 1.54) is 0 Å². The van der Waals surface area contributed by atoms with Crippen molar-refractivity contribution in [3.8, 4) is 17.2 Å². The normalized spacial score (nSPS) is 19.3. The molecule has 2 heterocycles. The molecule has 1 aromatic heterocycles. The van der Waals surface area contributed by atoms with Crippen molar-refractivity contribution in [1.82, 2.24) is 9.55 Å². The van der Waals surface area contributed by atoms with Crippen LogP contribution in [-0.4, -0.2) is 49.9 Å². The Morgan fingerprint density at radius 1 is 1.05 bits per heavy atom. The average Bonchev–Trinajstić information content (AvgIpc) is 3.47. The summed E-state index contributed by atoms with van der Waals surface area (Å²) < 4.78 is 36.8. The maximum Gasteiger partial charge on any atom is 0.203 e. The van der Waals surface area contributed by atoms with Gasteiger partial charge in [-0.15, -0.1) is 0 Å². The molecule has 3 aromatic rings. The molecule has 0 N–H and O–H groups in total. The van der Waals surface area contributed by atoms with E-state index in [1.54, 1.807) is 33.9 Å². The standard InChI is InChI=1S/C27H32Cl2N2O6/c1-32-22-13-18(14-23(33-2)26(22)34-3)15-35-16-21-5-4-6-24(36-21)37-25(19-7-9-20(28)10-8-19)27(29)31-12-11-30-17-31/h7-14,17,21,24-25,27H,4-6,15-16H2,1-3H3. The molecule has 1 fully saturated rings. The number of imidazole rings is 1. The number of hydrogen-bond acceptors (Lipinski definition) is 7. The average molecular weight is 551 g/mol. The van der Waals surface area contributed by atoms with E-state index < -0.39 is 17.9 Å². The molecule has 0 spiro atoms. The zero-order chi connectivity index (χ0) is 26.2. The predicted molar refractivity (Wildman–Crippen MR) is 141 cm³/mol. The molecule has 1 aliphatic rings. The second-order valence-corrected chi connectivity index (χ2v) is 9.54. The Morgan fingerprint density at radius 2 is 1.78 bits per heavy atom. The smallest absolute Gasteiger partial charge is 0.203 e. The Kier molecular flexibility index (Phi) is 9.94. The molecule has 0 radical (unpaired) electrons. The molecule has 0 aliphatic carbocycles. The Labute approximate surface area is 227 Å². The predicted octanol–water partition coefficient (Wildman–Crippen LogP) is 6.17. The summed E-state index contributed by atoms with van der Waals surface area (Å²) in [6, 6.07) is 11.2. The van der Waals surface area contributed by atoms with Gasteiger partial charge in [0, 0.05) is 17.4 Å². The summed E-state index contributed by atoms with van der Waals surface area (Å²) in [6.45, 7) is 0.799. The van der Waals surface area contributed by atoms with Crippen molar-refractivity contribution >= 4 is 23.2 Å². The third-order valence-corrected chi connectivity index (χ3v) is 6.87. The van der Waals surface area contributed by atoms with Gasteiger partial charge in [0.05, 0.1) is 47.0 Å². The highest BCUT2D eigenvalue weighted by molar-refractivity contribution is 6.30. The molecular formula is C27H32Cl2N2O6. The topological polar surface area (TPSA) is 73.2 Å². The Bertz CT molecular complexity index is 1090. The van der Waals surface area contributed by atoms with Gasteiger partial charge in [-0.25, -0.2) is 4.98 Å². The number of alkyl halides is 1. The summed E-state index contributed by atoms with van der Waals surface area (Å²) in [6.07, 6.45) is 6.78. The minimum Gasteiger partial charge on any atom is -0.493 e. The van der Waals surface area contributed by atoms with Crippen LogP contribution in [0.25, 0.3) is 0 Å². The van der Waals surface area contributed by atoms with E-state index in [1.807, 2.05) is 47.2 Å². The molecule has 37 heavy (non-hydrogen) atoms. The number of nitrogens with zero attached hydrogens (tertiary/aromatic N) is 2. The van der Waals surface area contributed by atoms with Crippen LogP contribution < -0.4 is 14.2 Å². The first-order valence-corrected chi connectivity index (χ1v) is 12.9. The zero-order valence-corrected chi connectivity index (χ0v) is 22.7. The van der Waals surface area contributed by atoms with Gasteiger partial charge >= 0.3 is 0 Å². The summed E-state index contributed by atoms with van der Waals surface area (Å²) in [5, 5.41) is 0.648. The first kappa shape index (κ1) is 27.5. The van der Waals surface area contributed by atoms with Crippen molar-refractivity contribution in [2.24, 2.45) is 0 Å². The second kappa shape index (κ2) is 13.3. The molecule has 1 aliphatic heterocycles. The van der Waals surface area contributed by atoms with Gasteiger partial charge in [0.25, 0.3) is 0 Å². The molecule has 8 nitrogen and oxygen atoms in total. The van der Waals surface area contributed by atoms with Gasteiger partial charge in [0.15, 0.2) is 17.8 Å². The molecule has 0 amide bonds. The first-order valence-electron chi connectivity index (χ1n) is 12.1. The lowest BCUT2D eigenvalue weighted by molar-refractivity contribution is -0.228. The maximum absolute atomic E-state index is 6.82.